The first-order valence-corrected chi connectivity index (χ1v) is 7.00. The highest BCUT2D eigenvalue weighted by Gasteiger charge is 2.26. The predicted molar refractivity (Wildman–Crippen MR) is 71.0 cm³/mol. The van der Waals surface area contributed by atoms with Crippen molar-refractivity contribution < 1.29 is 0 Å². The van der Waals surface area contributed by atoms with E-state index in [1.54, 1.807) is 0 Å². The lowest BCUT2D eigenvalue weighted by Crippen LogP contribution is -2.16. The summed E-state index contributed by atoms with van der Waals surface area (Å²) in [5.41, 5.74) is 2.17. The van der Waals surface area contributed by atoms with Crippen molar-refractivity contribution in [2.75, 3.05) is 0 Å². The van der Waals surface area contributed by atoms with E-state index in [4.69, 9.17) is 0 Å². The first kappa shape index (κ1) is 11.1. The van der Waals surface area contributed by atoms with Crippen molar-refractivity contribution in [3.05, 3.63) is 35.8 Å². The molecular weight excluding hydrogens is 238 g/mol. The van der Waals surface area contributed by atoms with Gasteiger partial charge in [0.2, 0.25) is 0 Å². The molecule has 0 unspecified atom stereocenters. The molecular formula is C14H17N5. The highest BCUT2D eigenvalue weighted by molar-refractivity contribution is 5.23. The number of hydrogen-bond donors (Lipinski definition) is 1. The van der Waals surface area contributed by atoms with Crippen LogP contribution in [0.4, 0.5) is 0 Å². The average Bonchev–Trinajstić information content (AvgIpc) is 3.37. The summed E-state index contributed by atoms with van der Waals surface area (Å²) in [5.74, 6) is 1.47. The summed E-state index contributed by atoms with van der Waals surface area (Å²) in [6.45, 7) is 0.810. The molecule has 2 saturated carbocycles. The standard InChI is InChI=1S/C14H17N5/c1-2-10(1)13-7-8-19(18-13)14-6-5-12(16-17-14)9-15-11-3-4-11/h5-8,10-11,15H,1-4,9H2. The highest BCUT2D eigenvalue weighted by atomic mass is 15.3. The van der Waals surface area contributed by atoms with Gasteiger partial charge in [0.25, 0.3) is 0 Å². The third-order valence-electron chi connectivity index (χ3n) is 3.69. The molecule has 0 aliphatic heterocycles. The Kier molecular flexibility index (Phi) is 2.58. The van der Waals surface area contributed by atoms with E-state index in [9.17, 15) is 0 Å². The second kappa shape index (κ2) is 4.42. The monoisotopic (exact) mass is 255 g/mol. The molecule has 5 heteroatoms. The summed E-state index contributed by atoms with van der Waals surface area (Å²) in [4.78, 5) is 0. The lowest BCUT2D eigenvalue weighted by Gasteiger charge is -2.03. The molecule has 0 radical (unpaired) electrons. The SMILES string of the molecule is c1cc(-n2ccc(C3CC3)n2)nnc1CNC1CC1. The smallest absolute Gasteiger partial charge is 0.175 e. The maximum absolute atomic E-state index is 4.55. The third kappa shape index (κ3) is 2.51. The molecule has 0 aromatic carbocycles. The van der Waals surface area contributed by atoms with E-state index >= 15 is 0 Å². The van der Waals surface area contributed by atoms with E-state index in [1.165, 1.54) is 31.4 Å². The largest absolute Gasteiger partial charge is 0.308 e. The fourth-order valence-corrected chi connectivity index (χ4v) is 2.17. The van der Waals surface area contributed by atoms with Crippen LogP contribution in [0.5, 0.6) is 0 Å². The van der Waals surface area contributed by atoms with Crippen LogP contribution >= 0.6 is 0 Å². The van der Waals surface area contributed by atoms with Crippen LogP contribution in [0.15, 0.2) is 24.4 Å². The summed E-state index contributed by atoms with van der Waals surface area (Å²) in [6, 6.07) is 6.80. The van der Waals surface area contributed by atoms with Gasteiger partial charge >= 0.3 is 0 Å². The maximum atomic E-state index is 4.55. The molecule has 0 spiro atoms. The third-order valence-corrected chi connectivity index (χ3v) is 3.69. The van der Waals surface area contributed by atoms with Gasteiger partial charge in [-0.3, -0.25) is 0 Å². The first-order chi connectivity index (χ1) is 9.38. The lowest BCUT2D eigenvalue weighted by atomic mass is 10.3. The van der Waals surface area contributed by atoms with Crippen LogP contribution in [0.2, 0.25) is 0 Å². The average molecular weight is 255 g/mol. The Morgan fingerprint density at radius 3 is 2.68 bits per heavy atom. The van der Waals surface area contributed by atoms with Gasteiger partial charge < -0.3 is 5.32 Å². The summed E-state index contributed by atoms with van der Waals surface area (Å²) < 4.78 is 1.82. The maximum Gasteiger partial charge on any atom is 0.175 e. The second-order valence-corrected chi connectivity index (χ2v) is 5.50. The molecule has 19 heavy (non-hydrogen) atoms. The quantitative estimate of drug-likeness (QED) is 0.885. The minimum atomic E-state index is 0.677. The van der Waals surface area contributed by atoms with E-state index < -0.39 is 0 Å². The van der Waals surface area contributed by atoms with E-state index in [0.717, 1.165) is 18.1 Å². The fourth-order valence-electron chi connectivity index (χ4n) is 2.17. The van der Waals surface area contributed by atoms with Crippen LogP contribution in [-0.2, 0) is 6.54 Å². The van der Waals surface area contributed by atoms with Gasteiger partial charge in [-0.25, -0.2) is 4.68 Å². The van der Waals surface area contributed by atoms with Gasteiger partial charge in [-0.05, 0) is 43.9 Å². The van der Waals surface area contributed by atoms with Crippen molar-refractivity contribution in [3.63, 3.8) is 0 Å². The van der Waals surface area contributed by atoms with Crippen molar-refractivity contribution in [2.24, 2.45) is 0 Å². The molecule has 2 aliphatic carbocycles. The van der Waals surface area contributed by atoms with Gasteiger partial charge in [0, 0.05) is 24.7 Å². The molecule has 0 amide bonds. The van der Waals surface area contributed by atoms with Gasteiger partial charge in [-0.15, -0.1) is 5.10 Å². The predicted octanol–water partition coefficient (Wildman–Crippen LogP) is 1.79. The molecule has 2 fully saturated rings. The van der Waals surface area contributed by atoms with Crippen molar-refractivity contribution in [3.8, 4) is 5.82 Å². The molecule has 4 rings (SSSR count). The number of nitrogens with zero attached hydrogens (tertiary/aromatic N) is 4. The lowest BCUT2D eigenvalue weighted by molar-refractivity contribution is 0.661. The fraction of sp³-hybridized carbons (Fsp3) is 0.500. The Morgan fingerprint density at radius 1 is 1.11 bits per heavy atom. The zero-order chi connectivity index (χ0) is 12.7. The summed E-state index contributed by atoms with van der Waals surface area (Å²) in [7, 11) is 0. The molecule has 0 bridgehead atoms. The van der Waals surface area contributed by atoms with E-state index in [-0.39, 0.29) is 0 Å². The summed E-state index contributed by atoms with van der Waals surface area (Å²) in [5, 5.41) is 16.5. The van der Waals surface area contributed by atoms with Crippen LogP contribution < -0.4 is 5.32 Å². The van der Waals surface area contributed by atoms with Crippen LogP contribution in [0, 0.1) is 0 Å². The normalized spacial score (nSPS) is 18.7. The number of rotatable bonds is 5. The van der Waals surface area contributed by atoms with Gasteiger partial charge in [0.1, 0.15) is 0 Å². The van der Waals surface area contributed by atoms with E-state index in [2.05, 4.69) is 26.7 Å². The highest BCUT2D eigenvalue weighted by Crippen LogP contribution is 2.38. The van der Waals surface area contributed by atoms with Crippen molar-refractivity contribution in [1.82, 2.24) is 25.3 Å². The Morgan fingerprint density at radius 2 is 2.00 bits per heavy atom. The van der Waals surface area contributed by atoms with Gasteiger partial charge in [-0.1, -0.05) is 0 Å². The van der Waals surface area contributed by atoms with Crippen molar-refractivity contribution >= 4 is 0 Å². The van der Waals surface area contributed by atoms with Gasteiger partial charge in [0.05, 0.1) is 11.4 Å². The zero-order valence-corrected chi connectivity index (χ0v) is 10.8. The Bertz CT molecular complexity index is 566. The Hall–Kier alpha value is -1.75. The van der Waals surface area contributed by atoms with Crippen molar-refractivity contribution in [2.45, 2.75) is 44.2 Å². The van der Waals surface area contributed by atoms with Crippen LogP contribution in [0.3, 0.4) is 0 Å². The first-order valence-electron chi connectivity index (χ1n) is 7.00. The van der Waals surface area contributed by atoms with Crippen molar-refractivity contribution in [1.29, 1.82) is 0 Å². The molecule has 98 valence electrons. The molecule has 2 aliphatic rings. The van der Waals surface area contributed by atoms with Gasteiger partial charge in [-0.2, -0.15) is 10.2 Å². The number of nitrogens with one attached hydrogen (secondary N) is 1. The Balaban J connectivity index is 1.46. The van der Waals surface area contributed by atoms with Crippen LogP contribution in [0.1, 0.15) is 43.0 Å². The molecule has 2 aromatic rings. The van der Waals surface area contributed by atoms with Gasteiger partial charge in [0.15, 0.2) is 5.82 Å². The molecule has 5 nitrogen and oxygen atoms in total. The Labute approximate surface area is 112 Å². The number of hydrogen-bond acceptors (Lipinski definition) is 4. The van der Waals surface area contributed by atoms with E-state index in [0.29, 0.717) is 12.0 Å². The summed E-state index contributed by atoms with van der Waals surface area (Å²) in [6.07, 6.45) is 7.11. The topological polar surface area (TPSA) is 55.6 Å². The molecule has 2 aromatic heterocycles. The molecule has 0 saturated heterocycles. The van der Waals surface area contributed by atoms with Crippen LogP contribution in [0.25, 0.3) is 5.82 Å². The minimum absolute atomic E-state index is 0.677. The molecule has 1 N–H and O–H groups in total. The molecule has 2 heterocycles. The minimum Gasteiger partial charge on any atom is -0.308 e. The zero-order valence-electron chi connectivity index (χ0n) is 10.8. The van der Waals surface area contributed by atoms with Crippen LogP contribution in [-0.4, -0.2) is 26.0 Å². The second-order valence-electron chi connectivity index (χ2n) is 5.50. The number of aromatic nitrogens is 4. The summed E-state index contributed by atoms with van der Waals surface area (Å²) >= 11 is 0. The molecule has 0 atom stereocenters. The van der Waals surface area contributed by atoms with E-state index in [1.807, 2.05) is 23.0 Å².